The van der Waals surface area contributed by atoms with Crippen molar-refractivity contribution in [3.8, 4) is 0 Å². The Hall–Kier alpha value is -3.72. The molecule has 0 unspecified atom stereocenters. The average molecular weight is 421 g/mol. The standard InChI is InChI=1S/C22H23N5O4/c1-27(18(28)12-31-2)14-8-9-15-17(11-14)25-20(19(15)22(30)24-13-6-7-13)26-21(29)16-5-3-4-10-23-16/h3-5,8-11,13,25H,6-7,12H2,1-2H3,(H,24,30)(H,26,29). The minimum Gasteiger partial charge on any atom is -0.375 e. The van der Waals surface area contributed by atoms with Crippen LogP contribution in [-0.2, 0) is 9.53 Å². The Bertz CT molecular complexity index is 1140. The highest BCUT2D eigenvalue weighted by molar-refractivity contribution is 6.15. The lowest BCUT2D eigenvalue weighted by Gasteiger charge is -2.16. The minimum absolute atomic E-state index is 0.0420. The minimum atomic E-state index is -0.430. The molecule has 1 aliphatic rings. The first-order valence-corrected chi connectivity index (χ1v) is 9.92. The number of ether oxygens (including phenoxy) is 1. The Morgan fingerprint density at radius 3 is 2.68 bits per heavy atom. The van der Waals surface area contributed by atoms with Crippen LogP contribution >= 0.6 is 0 Å². The van der Waals surface area contributed by atoms with Gasteiger partial charge in [0.25, 0.3) is 17.7 Å². The van der Waals surface area contributed by atoms with E-state index in [1.54, 1.807) is 43.4 Å². The quantitative estimate of drug-likeness (QED) is 0.541. The number of fused-ring (bicyclic) bond motifs is 1. The molecule has 0 bridgehead atoms. The van der Waals surface area contributed by atoms with E-state index in [4.69, 9.17) is 4.74 Å². The molecule has 0 atom stereocenters. The number of aromatic nitrogens is 2. The highest BCUT2D eigenvalue weighted by atomic mass is 16.5. The van der Waals surface area contributed by atoms with Crippen molar-refractivity contribution in [1.82, 2.24) is 15.3 Å². The molecule has 9 nitrogen and oxygen atoms in total. The van der Waals surface area contributed by atoms with Crippen molar-refractivity contribution in [2.75, 3.05) is 31.0 Å². The molecule has 1 fully saturated rings. The van der Waals surface area contributed by atoms with E-state index >= 15 is 0 Å². The van der Waals surface area contributed by atoms with Crippen LogP contribution in [0.1, 0.15) is 33.7 Å². The Balaban J connectivity index is 1.71. The molecule has 2 aromatic heterocycles. The van der Waals surface area contributed by atoms with Gasteiger partial charge in [0.05, 0.1) is 5.56 Å². The third-order valence-corrected chi connectivity index (χ3v) is 5.09. The number of likely N-dealkylation sites (N-methyl/N-ethyl adjacent to an activating group) is 1. The Labute approximate surface area is 178 Å². The molecule has 4 rings (SSSR count). The van der Waals surface area contributed by atoms with Crippen LogP contribution in [0.4, 0.5) is 11.5 Å². The fourth-order valence-corrected chi connectivity index (χ4v) is 3.25. The van der Waals surface area contributed by atoms with Gasteiger partial charge in [-0.2, -0.15) is 0 Å². The van der Waals surface area contributed by atoms with Crippen LogP contribution in [0.3, 0.4) is 0 Å². The van der Waals surface area contributed by atoms with Crippen molar-refractivity contribution < 1.29 is 19.1 Å². The molecule has 1 aliphatic carbocycles. The normalized spacial score (nSPS) is 13.1. The van der Waals surface area contributed by atoms with Gasteiger partial charge in [0.15, 0.2) is 0 Å². The fraction of sp³-hybridized carbons (Fsp3) is 0.273. The molecule has 1 aromatic carbocycles. The maximum Gasteiger partial charge on any atom is 0.275 e. The highest BCUT2D eigenvalue weighted by Gasteiger charge is 2.28. The van der Waals surface area contributed by atoms with E-state index in [9.17, 15) is 14.4 Å². The average Bonchev–Trinajstić information content (AvgIpc) is 3.51. The molecule has 0 radical (unpaired) electrons. The zero-order valence-corrected chi connectivity index (χ0v) is 17.3. The van der Waals surface area contributed by atoms with Crippen molar-refractivity contribution in [2.45, 2.75) is 18.9 Å². The Morgan fingerprint density at radius 2 is 2.00 bits per heavy atom. The first-order chi connectivity index (χ1) is 15.0. The number of rotatable bonds is 7. The summed E-state index contributed by atoms with van der Waals surface area (Å²) in [6.45, 7) is -0.0420. The van der Waals surface area contributed by atoms with Crippen molar-refractivity contribution in [1.29, 1.82) is 0 Å². The molecule has 3 amide bonds. The number of nitrogens with one attached hydrogen (secondary N) is 3. The smallest absolute Gasteiger partial charge is 0.275 e. The summed E-state index contributed by atoms with van der Waals surface area (Å²) in [5.41, 5.74) is 1.84. The zero-order valence-electron chi connectivity index (χ0n) is 17.3. The second kappa shape index (κ2) is 8.57. The predicted octanol–water partition coefficient (Wildman–Crippen LogP) is 2.32. The number of hydrogen-bond donors (Lipinski definition) is 3. The molecule has 0 saturated heterocycles. The van der Waals surface area contributed by atoms with Gasteiger partial charge in [-0.1, -0.05) is 6.07 Å². The van der Waals surface area contributed by atoms with Gasteiger partial charge < -0.3 is 25.3 Å². The van der Waals surface area contributed by atoms with Crippen molar-refractivity contribution in [3.63, 3.8) is 0 Å². The maximum absolute atomic E-state index is 12.9. The lowest BCUT2D eigenvalue weighted by Crippen LogP contribution is -2.29. The summed E-state index contributed by atoms with van der Waals surface area (Å²) in [5.74, 6) is -0.613. The van der Waals surface area contributed by atoms with Crippen LogP contribution in [0.15, 0.2) is 42.6 Å². The molecule has 0 spiro atoms. The van der Waals surface area contributed by atoms with E-state index in [1.165, 1.54) is 18.2 Å². The fourth-order valence-electron chi connectivity index (χ4n) is 3.25. The molecule has 0 aliphatic heterocycles. The molecular weight excluding hydrogens is 398 g/mol. The lowest BCUT2D eigenvalue weighted by molar-refractivity contribution is -0.121. The van der Waals surface area contributed by atoms with Gasteiger partial charge in [-0.05, 0) is 43.2 Å². The second-order valence-corrected chi connectivity index (χ2v) is 7.41. The van der Waals surface area contributed by atoms with E-state index < -0.39 is 5.91 Å². The molecule has 9 heteroatoms. The predicted molar refractivity (Wildman–Crippen MR) is 116 cm³/mol. The number of pyridine rings is 1. The summed E-state index contributed by atoms with van der Waals surface area (Å²) in [6, 6.07) is 10.5. The van der Waals surface area contributed by atoms with Gasteiger partial charge in [0, 0.05) is 43.0 Å². The third-order valence-electron chi connectivity index (χ3n) is 5.09. The second-order valence-electron chi connectivity index (χ2n) is 7.41. The Morgan fingerprint density at radius 1 is 1.19 bits per heavy atom. The Kier molecular flexibility index (Phi) is 5.68. The zero-order chi connectivity index (χ0) is 22.0. The molecular formula is C22H23N5O4. The summed E-state index contributed by atoms with van der Waals surface area (Å²) in [5, 5.41) is 6.38. The SMILES string of the molecule is COCC(=O)N(C)c1ccc2c(C(=O)NC3CC3)c(NC(=O)c3ccccn3)[nH]c2c1. The van der Waals surface area contributed by atoms with Gasteiger partial charge in [-0.25, -0.2) is 0 Å². The van der Waals surface area contributed by atoms with Gasteiger partial charge in [0.2, 0.25) is 0 Å². The van der Waals surface area contributed by atoms with E-state index in [0.29, 0.717) is 22.2 Å². The number of anilines is 2. The molecule has 1 saturated carbocycles. The van der Waals surface area contributed by atoms with Crippen LogP contribution in [0, 0.1) is 0 Å². The first kappa shape index (κ1) is 20.5. The summed E-state index contributed by atoms with van der Waals surface area (Å²) >= 11 is 0. The molecule has 2 heterocycles. The van der Waals surface area contributed by atoms with Crippen molar-refractivity contribution in [3.05, 3.63) is 53.9 Å². The number of aromatic amines is 1. The number of carbonyl (C=O) groups excluding carboxylic acids is 3. The summed E-state index contributed by atoms with van der Waals surface area (Å²) in [6.07, 6.45) is 3.42. The van der Waals surface area contributed by atoms with Crippen molar-refractivity contribution in [2.24, 2.45) is 0 Å². The maximum atomic E-state index is 12.9. The van der Waals surface area contributed by atoms with Crippen LogP contribution in [0.2, 0.25) is 0 Å². The van der Waals surface area contributed by atoms with E-state index in [2.05, 4.69) is 20.6 Å². The first-order valence-electron chi connectivity index (χ1n) is 9.92. The van der Waals surface area contributed by atoms with Crippen LogP contribution in [0.25, 0.3) is 10.9 Å². The van der Waals surface area contributed by atoms with Crippen LogP contribution < -0.4 is 15.5 Å². The monoisotopic (exact) mass is 421 g/mol. The number of benzene rings is 1. The molecule has 160 valence electrons. The van der Waals surface area contributed by atoms with Crippen molar-refractivity contribution >= 4 is 40.1 Å². The number of H-pyrrole nitrogens is 1. The lowest BCUT2D eigenvalue weighted by atomic mass is 10.1. The van der Waals surface area contributed by atoms with Gasteiger partial charge in [-0.15, -0.1) is 0 Å². The van der Waals surface area contributed by atoms with Gasteiger partial charge in [-0.3, -0.25) is 19.4 Å². The van der Waals surface area contributed by atoms with E-state index in [0.717, 1.165) is 12.8 Å². The number of amides is 3. The summed E-state index contributed by atoms with van der Waals surface area (Å²) < 4.78 is 4.91. The van der Waals surface area contributed by atoms with E-state index in [1.807, 2.05) is 0 Å². The summed E-state index contributed by atoms with van der Waals surface area (Å²) in [4.78, 5) is 46.4. The number of carbonyl (C=O) groups is 3. The molecule has 31 heavy (non-hydrogen) atoms. The van der Waals surface area contributed by atoms with Gasteiger partial charge in [0.1, 0.15) is 18.1 Å². The van der Waals surface area contributed by atoms with Crippen LogP contribution in [0.5, 0.6) is 0 Å². The molecule has 3 aromatic rings. The number of hydrogen-bond acceptors (Lipinski definition) is 5. The largest absolute Gasteiger partial charge is 0.375 e. The molecule has 3 N–H and O–H groups in total. The number of nitrogens with zero attached hydrogens (tertiary/aromatic N) is 2. The third kappa shape index (κ3) is 4.41. The van der Waals surface area contributed by atoms with E-state index in [-0.39, 0.29) is 36.0 Å². The summed E-state index contributed by atoms with van der Waals surface area (Å²) in [7, 11) is 3.11. The number of methoxy groups -OCH3 is 1. The van der Waals surface area contributed by atoms with Crippen LogP contribution in [-0.4, -0.2) is 54.5 Å². The highest BCUT2D eigenvalue weighted by Crippen LogP contribution is 2.31. The van der Waals surface area contributed by atoms with Gasteiger partial charge >= 0.3 is 0 Å². The topological polar surface area (TPSA) is 116 Å².